The summed E-state index contributed by atoms with van der Waals surface area (Å²) >= 11 is 1.36. The second-order valence-electron chi connectivity index (χ2n) is 5.15. The summed E-state index contributed by atoms with van der Waals surface area (Å²) in [4.78, 5) is 19.0. The van der Waals surface area contributed by atoms with E-state index in [2.05, 4.69) is 9.71 Å². The lowest BCUT2D eigenvalue weighted by Gasteiger charge is -2.32. The third-order valence-corrected chi connectivity index (χ3v) is 4.99. The first-order chi connectivity index (χ1) is 9.37. The van der Waals surface area contributed by atoms with Crippen LogP contribution in [0.1, 0.15) is 28.2 Å². The predicted molar refractivity (Wildman–Crippen MR) is 78.3 cm³/mol. The smallest absolute Gasteiger partial charge is 0.265 e. The molecule has 1 atom stereocenters. The summed E-state index contributed by atoms with van der Waals surface area (Å²) in [6.07, 6.45) is 2.99. The van der Waals surface area contributed by atoms with Crippen LogP contribution in [0.5, 0.6) is 0 Å². The van der Waals surface area contributed by atoms with Crippen molar-refractivity contribution in [2.45, 2.75) is 19.8 Å². The van der Waals surface area contributed by atoms with Crippen molar-refractivity contribution in [1.82, 2.24) is 14.6 Å². The van der Waals surface area contributed by atoms with E-state index in [9.17, 15) is 13.2 Å². The van der Waals surface area contributed by atoms with Crippen LogP contribution in [-0.2, 0) is 10.0 Å². The van der Waals surface area contributed by atoms with Gasteiger partial charge in [-0.05, 0) is 25.7 Å². The van der Waals surface area contributed by atoms with Crippen molar-refractivity contribution in [3.8, 4) is 0 Å². The van der Waals surface area contributed by atoms with Gasteiger partial charge in [0, 0.05) is 19.6 Å². The number of hydrogen-bond donors (Lipinski definition) is 1. The fraction of sp³-hybridized carbons (Fsp3) is 0.667. The van der Waals surface area contributed by atoms with Crippen molar-refractivity contribution < 1.29 is 13.2 Å². The normalized spacial score (nSPS) is 20.1. The Labute approximate surface area is 123 Å². The van der Waals surface area contributed by atoms with Crippen LogP contribution in [0.2, 0.25) is 0 Å². The number of carbonyl (C=O) groups is 1. The highest BCUT2D eigenvalue weighted by molar-refractivity contribution is 7.88. The molecule has 1 N–H and O–H groups in total. The van der Waals surface area contributed by atoms with E-state index in [1.807, 2.05) is 6.92 Å². The number of likely N-dealkylation sites (tertiary alicyclic amines) is 1. The summed E-state index contributed by atoms with van der Waals surface area (Å²) in [6, 6.07) is 0. The Morgan fingerprint density at radius 2 is 2.35 bits per heavy atom. The van der Waals surface area contributed by atoms with E-state index in [4.69, 9.17) is 0 Å². The van der Waals surface area contributed by atoms with Crippen LogP contribution in [0.15, 0.2) is 5.51 Å². The number of sulfonamides is 1. The third kappa shape index (κ3) is 4.00. The van der Waals surface area contributed by atoms with E-state index < -0.39 is 10.0 Å². The SMILES string of the molecule is Cc1ncsc1C(=O)N1CCC[C@H](CNS(C)(=O)=O)C1. The van der Waals surface area contributed by atoms with Gasteiger partial charge in [-0.25, -0.2) is 18.1 Å². The number of hydrogen-bond acceptors (Lipinski definition) is 5. The number of nitrogens with zero attached hydrogens (tertiary/aromatic N) is 2. The second-order valence-corrected chi connectivity index (χ2v) is 7.83. The molecule has 20 heavy (non-hydrogen) atoms. The number of thiazole rings is 1. The molecule has 1 saturated heterocycles. The summed E-state index contributed by atoms with van der Waals surface area (Å²) in [6.45, 7) is 3.55. The van der Waals surface area contributed by atoms with Crippen LogP contribution >= 0.6 is 11.3 Å². The van der Waals surface area contributed by atoms with Gasteiger partial charge in [0.2, 0.25) is 10.0 Å². The molecule has 1 fully saturated rings. The van der Waals surface area contributed by atoms with Gasteiger partial charge in [0.15, 0.2) is 0 Å². The molecule has 0 spiro atoms. The summed E-state index contributed by atoms with van der Waals surface area (Å²) in [5, 5.41) is 0. The first-order valence-corrected chi connectivity index (χ1v) is 9.28. The van der Waals surface area contributed by atoms with Gasteiger partial charge in [0.1, 0.15) is 4.88 Å². The highest BCUT2D eigenvalue weighted by Crippen LogP contribution is 2.21. The lowest BCUT2D eigenvalue weighted by atomic mass is 9.98. The summed E-state index contributed by atoms with van der Waals surface area (Å²) in [5.41, 5.74) is 2.44. The minimum atomic E-state index is -3.17. The van der Waals surface area contributed by atoms with Gasteiger partial charge >= 0.3 is 0 Å². The van der Waals surface area contributed by atoms with Crippen LogP contribution in [0.4, 0.5) is 0 Å². The topological polar surface area (TPSA) is 79.4 Å². The molecule has 0 unspecified atom stereocenters. The second kappa shape index (κ2) is 6.19. The van der Waals surface area contributed by atoms with E-state index >= 15 is 0 Å². The number of aromatic nitrogens is 1. The van der Waals surface area contributed by atoms with Crippen LogP contribution < -0.4 is 4.72 Å². The van der Waals surface area contributed by atoms with Gasteiger partial charge in [-0.1, -0.05) is 0 Å². The molecule has 0 aromatic carbocycles. The lowest BCUT2D eigenvalue weighted by Crippen LogP contribution is -2.43. The van der Waals surface area contributed by atoms with Crippen LogP contribution in [0, 0.1) is 12.8 Å². The predicted octanol–water partition coefficient (Wildman–Crippen LogP) is 0.853. The van der Waals surface area contributed by atoms with Gasteiger partial charge in [0.05, 0.1) is 17.5 Å². The fourth-order valence-electron chi connectivity index (χ4n) is 2.34. The van der Waals surface area contributed by atoms with Crippen molar-refractivity contribution in [2.75, 3.05) is 25.9 Å². The minimum absolute atomic E-state index is 0.00838. The molecule has 8 heteroatoms. The van der Waals surface area contributed by atoms with E-state index in [0.29, 0.717) is 18.0 Å². The molecule has 1 aliphatic rings. The molecule has 2 rings (SSSR count). The van der Waals surface area contributed by atoms with Crippen LogP contribution in [-0.4, -0.2) is 50.1 Å². The molecular formula is C12H19N3O3S2. The monoisotopic (exact) mass is 317 g/mol. The van der Waals surface area contributed by atoms with Crippen molar-refractivity contribution in [1.29, 1.82) is 0 Å². The Bertz CT molecular complexity index is 583. The average molecular weight is 317 g/mol. The number of aryl methyl sites for hydroxylation is 1. The zero-order valence-electron chi connectivity index (χ0n) is 11.6. The number of carbonyl (C=O) groups excluding carboxylic acids is 1. The molecule has 0 saturated carbocycles. The molecule has 1 amide bonds. The maximum atomic E-state index is 12.4. The molecule has 0 aliphatic carbocycles. The fourth-order valence-corrected chi connectivity index (χ4v) is 3.64. The minimum Gasteiger partial charge on any atom is -0.338 e. The van der Waals surface area contributed by atoms with E-state index in [1.54, 1.807) is 10.4 Å². The largest absolute Gasteiger partial charge is 0.338 e. The Kier molecular flexibility index (Phi) is 4.77. The van der Waals surface area contributed by atoms with Gasteiger partial charge in [-0.2, -0.15) is 0 Å². The van der Waals surface area contributed by atoms with Gasteiger partial charge in [-0.3, -0.25) is 4.79 Å². The maximum absolute atomic E-state index is 12.4. The maximum Gasteiger partial charge on any atom is 0.265 e. The number of rotatable bonds is 4. The average Bonchev–Trinajstić information content (AvgIpc) is 2.81. The number of piperidine rings is 1. The van der Waals surface area contributed by atoms with Crippen molar-refractivity contribution in [3.05, 3.63) is 16.1 Å². The zero-order chi connectivity index (χ0) is 14.8. The van der Waals surface area contributed by atoms with Crippen LogP contribution in [0.25, 0.3) is 0 Å². The van der Waals surface area contributed by atoms with Crippen molar-refractivity contribution in [2.24, 2.45) is 5.92 Å². The molecule has 0 bridgehead atoms. The lowest BCUT2D eigenvalue weighted by molar-refractivity contribution is 0.0680. The van der Waals surface area contributed by atoms with E-state index in [0.717, 1.165) is 31.3 Å². The Morgan fingerprint density at radius 3 is 2.95 bits per heavy atom. The molecule has 2 heterocycles. The molecule has 0 radical (unpaired) electrons. The number of amides is 1. The molecule has 1 aromatic heterocycles. The zero-order valence-corrected chi connectivity index (χ0v) is 13.3. The van der Waals surface area contributed by atoms with E-state index in [1.165, 1.54) is 11.3 Å². The summed E-state index contributed by atoms with van der Waals surface area (Å²) in [5.74, 6) is 0.185. The van der Waals surface area contributed by atoms with Gasteiger partial charge in [-0.15, -0.1) is 11.3 Å². The molecule has 1 aromatic rings. The van der Waals surface area contributed by atoms with Crippen LogP contribution in [0.3, 0.4) is 0 Å². The van der Waals surface area contributed by atoms with Gasteiger partial charge < -0.3 is 4.90 Å². The standard InChI is InChI=1S/C12H19N3O3S2/c1-9-11(19-8-13-9)12(16)15-5-3-4-10(7-15)6-14-20(2,17)18/h8,10,14H,3-7H2,1-2H3/t10-/m1/s1. The number of nitrogens with one attached hydrogen (secondary N) is 1. The Morgan fingerprint density at radius 1 is 1.60 bits per heavy atom. The Balaban J connectivity index is 1.97. The first kappa shape index (κ1) is 15.4. The van der Waals surface area contributed by atoms with Gasteiger partial charge in [0.25, 0.3) is 5.91 Å². The highest BCUT2D eigenvalue weighted by atomic mass is 32.2. The molecule has 1 aliphatic heterocycles. The highest BCUT2D eigenvalue weighted by Gasteiger charge is 2.26. The molecule has 6 nitrogen and oxygen atoms in total. The molecule has 112 valence electrons. The molecular weight excluding hydrogens is 298 g/mol. The Hall–Kier alpha value is -0.990. The first-order valence-electron chi connectivity index (χ1n) is 6.51. The van der Waals surface area contributed by atoms with Crippen molar-refractivity contribution in [3.63, 3.8) is 0 Å². The summed E-state index contributed by atoms with van der Waals surface area (Å²) in [7, 11) is -3.17. The summed E-state index contributed by atoms with van der Waals surface area (Å²) < 4.78 is 24.8. The van der Waals surface area contributed by atoms with Crippen molar-refractivity contribution >= 4 is 27.3 Å². The van der Waals surface area contributed by atoms with E-state index in [-0.39, 0.29) is 11.8 Å². The quantitative estimate of drug-likeness (QED) is 0.893. The third-order valence-electron chi connectivity index (χ3n) is 3.38.